The molecule has 1 heterocycles. The summed E-state index contributed by atoms with van der Waals surface area (Å²) in [6.45, 7) is 4.51. The van der Waals surface area contributed by atoms with Crippen LogP contribution in [0.15, 0.2) is 40.8 Å². The molecule has 1 amide bonds. The summed E-state index contributed by atoms with van der Waals surface area (Å²) in [6.07, 6.45) is 0.668. The SMILES string of the molecule is Cc1ccc2cc(C(=O)NCCc3ccc(Cl)c(Cl)c3)oc2c1C. The summed E-state index contributed by atoms with van der Waals surface area (Å²) in [6, 6.07) is 11.2. The summed E-state index contributed by atoms with van der Waals surface area (Å²) in [5, 5.41) is 4.85. The van der Waals surface area contributed by atoms with Crippen molar-refractivity contribution in [1.82, 2.24) is 5.32 Å². The Balaban J connectivity index is 1.67. The molecule has 0 aliphatic carbocycles. The van der Waals surface area contributed by atoms with E-state index in [1.54, 1.807) is 12.1 Å². The van der Waals surface area contributed by atoms with Crippen LogP contribution in [0.5, 0.6) is 0 Å². The van der Waals surface area contributed by atoms with E-state index < -0.39 is 0 Å². The van der Waals surface area contributed by atoms with Gasteiger partial charge in [-0.15, -0.1) is 0 Å². The normalized spacial score (nSPS) is 11.0. The molecule has 0 saturated heterocycles. The van der Waals surface area contributed by atoms with Crippen molar-refractivity contribution < 1.29 is 9.21 Å². The highest BCUT2D eigenvalue weighted by Gasteiger charge is 2.13. The van der Waals surface area contributed by atoms with Crippen LogP contribution in [0.1, 0.15) is 27.2 Å². The molecule has 3 rings (SSSR count). The number of rotatable bonds is 4. The number of halogens is 2. The maximum atomic E-state index is 12.3. The van der Waals surface area contributed by atoms with Crippen LogP contribution in [0.3, 0.4) is 0 Å². The zero-order valence-corrected chi connectivity index (χ0v) is 15.0. The molecule has 5 heteroatoms. The molecule has 124 valence electrons. The van der Waals surface area contributed by atoms with E-state index >= 15 is 0 Å². The van der Waals surface area contributed by atoms with Crippen molar-refractivity contribution in [3.05, 3.63) is 68.9 Å². The topological polar surface area (TPSA) is 42.2 Å². The third-order valence-corrected chi connectivity index (χ3v) is 4.85. The number of hydrogen-bond acceptors (Lipinski definition) is 2. The number of carbonyl (C=O) groups excluding carboxylic acids is 1. The highest BCUT2D eigenvalue weighted by atomic mass is 35.5. The second-order valence-electron chi connectivity index (χ2n) is 5.79. The minimum Gasteiger partial charge on any atom is -0.451 e. The fourth-order valence-electron chi connectivity index (χ4n) is 2.56. The Morgan fingerprint density at radius 3 is 2.62 bits per heavy atom. The van der Waals surface area contributed by atoms with Gasteiger partial charge in [-0.2, -0.15) is 0 Å². The zero-order valence-electron chi connectivity index (χ0n) is 13.5. The van der Waals surface area contributed by atoms with Gasteiger partial charge in [-0.1, -0.05) is 41.4 Å². The van der Waals surface area contributed by atoms with Crippen molar-refractivity contribution in [2.75, 3.05) is 6.54 Å². The Kier molecular flexibility index (Phi) is 4.83. The second kappa shape index (κ2) is 6.88. The quantitative estimate of drug-likeness (QED) is 0.682. The standard InChI is InChI=1S/C19H17Cl2NO2/c1-11-3-5-14-10-17(24-18(14)12(11)2)19(23)22-8-7-13-4-6-15(20)16(21)9-13/h3-6,9-10H,7-8H2,1-2H3,(H,22,23). The van der Waals surface area contributed by atoms with Gasteiger partial charge in [0.1, 0.15) is 5.58 Å². The minimum atomic E-state index is -0.219. The largest absolute Gasteiger partial charge is 0.451 e. The van der Waals surface area contributed by atoms with Crippen molar-refractivity contribution in [1.29, 1.82) is 0 Å². The first-order chi connectivity index (χ1) is 11.5. The summed E-state index contributed by atoms with van der Waals surface area (Å²) < 4.78 is 5.73. The molecule has 3 aromatic rings. The highest BCUT2D eigenvalue weighted by molar-refractivity contribution is 6.42. The van der Waals surface area contributed by atoms with E-state index in [0.29, 0.717) is 28.8 Å². The first-order valence-electron chi connectivity index (χ1n) is 7.67. The number of amides is 1. The number of hydrogen-bond donors (Lipinski definition) is 1. The number of furan rings is 1. The predicted octanol–water partition coefficient (Wildman–Crippen LogP) is 5.33. The molecule has 1 N–H and O–H groups in total. The summed E-state index contributed by atoms with van der Waals surface area (Å²) >= 11 is 11.9. The van der Waals surface area contributed by atoms with E-state index in [2.05, 4.69) is 5.32 Å². The van der Waals surface area contributed by atoms with Crippen LogP contribution >= 0.6 is 23.2 Å². The minimum absolute atomic E-state index is 0.219. The molecule has 0 spiro atoms. The monoisotopic (exact) mass is 361 g/mol. The fraction of sp³-hybridized carbons (Fsp3) is 0.211. The molecule has 0 aliphatic heterocycles. The average Bonchev–Trinajstić information content (AvgIpc) is 2.99. The van der Waals surface area contributed by atoms with Crippen molar-refractivity contribution in [3.8, 4) is 0 Å². The fourth-order valence-corrected chi connectivity index (χ4v) is 2.88. The molecular weight excluding hydrogens is 345 g/mol. The summed E-state index contributed by atoms with van der Waals surface area (Å²) in [7, 11) is 0. The average molecular weight is 362 g/mol. The van der Waals surface area contributed by atoms with Crippen LogP contribution in [0.4, 0.5) is 0 Å². The molecule has 0 atom stereocenters. The summed E-state index contributed by atoms with van der Waals surface area (Å²) in [5.74, 6) is 0.108. The number of aryl methyl sites for hydroxylation is 2. The Hall–Kier alpha value is -1.97. The van der Waals surface area contributed by atoms with Gasteiger partial charge in [0, 0.05) is 11.9 Å². The first kappa shape index (κ1) is 16.9. The number of carbonyl (C=O) groups is 1. The van der Waals surface area contributed by atoms with Crippen LogP contribution in [0, 0.1) is 13.8 Å². The van der Waals surface area contributed by atoms with E-state index in [-0.39, 0.29) is 5.91 Å². The van der Waals surface area contributed by atoms with E-state index in [1.807, 2.05) is 38.1 Å². The molecule has 24 heavy (non-hydrogen) atoms. The lowest BCUT2D eigenvalue weighted by atomic mass is 10.1. The van der Waals surface area contributed by atoms with Crippen molar-refractivity contribution in [2.24, 2.45) is 0 Å². The molecule has 0 aliphatic rings. The van der Waals surface area contributed by atoms with Crippen LogP contribution in [0.25, 0.3) is 11.0 Å². The maximum Gasteiger partial charge on any atom is 0.287 e. The smallest absolute Gasteiger partial charge is 0.287 e. The van der Waals surface area contributed by atoms with Gasteiger partial charge in [0.2, 0.25) is 0 Å². The molecule has 0 bridgehead atoms. The van der Waals surface area contributed by atoms with Crippen molar-refractivity contribution >= 4 is 40.1 Å². The molecule has 1 aromatic heterocycles. The van der Waals surface area contributed by atoms with Gasteiger partial charge in [0.05, 0.1) is 10.0 Å². The predicted molar refractivity (Wildman–Crippen MR) is 98.2 cm³/mol. The zero-order chi connectivity index (χ0) is 17.3. The lowest BCUT2D eigenvalue weighted by Crippen LogP contribution is -2.25. The van der Waals surface area contributed by atoms with E-state index in [1.165, 1.54) is 0 Å². The van der Waals surface area contributed by atoms with E-state index in [4.69, 9.17) is 27.6 Å². The molecule has 0 saturated carbocycles. The molecule has 0 radical (unpaired) electrons. The second-order valence-corrected chi connectivity index (χ2v) is 6.61. The van der Waals surface area contributed by atoms with Crippen LogP contribution in [-0.4, -0.2) is 12.5 Å². The van der Waals surface area contributed by atoms with E-state index in [0.717, 1.165) is 27.7 Å². The van der Waals surface area contributed by atoms with Gasteiger partial charge >= 0.3 is 0 Å². The molecule has 0 fully saturated rings. The summed E-state index contributed by atoms with van der Waals surface area (Å²) in [5.41, 5.74) is 3.98. The van der Waals surface area contributed by atoms with Crippen molar-refractivity contribution in [2.45, 2.75) is 20.3 Å². The summed E-state index contributed by atoms with van der Waals surface area (Å²) in [4.78, 5) is 12.3. The van der Waals surface area contributed by atoms with Gasteiger partial charge < -0.3 is 9.73 Å². The van der Waals surface area contributed by atoms with Crippen LogP contribution in [0.2, 0.25) is 10.0 Å². The lowest BCUT2D eigenvalue weighted by molar-refractivity contribution is 0.0928. The molecule has 2 aromatic carbocycles. The maximum absolute atomic E-state index is 12.3. The third kappa shape index (κ3) is 3.42. The number of benzene rings is 2. The molecular formula is C19H17Cl2NO2. The van der Waals surface area contributed by atoms with Gasteiger partial charge in [-0.25, -0.2) is 0 Å². The van der Waals surface area contributed by atoms with Gasteiger partial charge in [0.25, 0.3) is 5.91 Å². The van der Waals surface area contributed by atoms with Gasteiger partial charge in [0.15, 0.2) is 5.76 Å². The Morgan fingerprint density at radius 2 is 1.88 bits per heavy atom. The highest BCUT2D eigenvalue weighted by Crippen LogP contribution is 2.25. The number of nitrogens with one attached hydrogen (secondary N) is 1. The first-order valence-corrected chi connectivity index (χ1v) is 8.43. The van der Waals surface area contributed by atoms with Gasteiger partial charge in [-0.05, 0) is 55.2 Å². The van der Waals surface area contributed by atoms with Gasteiger partial charge in [-0.3, -0.25) is 4.79 Å². The van der Waals surface area contributed by atoms with Crippen LogP contribution in [-0.2, 0) is 6.42 Å². The van der Waals surface area contributed by atoms with Crippen molar-refractivity contribution in [3.63, 3.8) is 0 Å². The molecule has 3 nitrogen and oxygen atoms in total. The van der Waals surface area contributed by atoms with Crippen LogP contribution < -0.4 is 5.32 Å². The number of fused-ring (bicyclic) bond motifs is 1. The Labute approximate surface area is 150 Å². The Bertz CT molecular complexity index is 915. The Morgan fingerprint density at radius 1 is 1.08 bits per heavy atom. The lowest BCUT2D eigenvalue weighted by Gasteiger charge is -2.05. The van der Waals surface area contributed by atoms with E-state index in [9.17, 15) is 4.79 Å². The third-order valence-electron chi connectivity index (χ3n) is 4.11. The molecule has 0 unspecified atom stereocenters.